The van der Waals surface area contributed by atoms with Gasteiger partial charge in [-0.15, -0.1) is 0 Å². The van der Waals surface area contributed by atoms with Gasteiger partial charge in [-0.25, -0.2) is 0 Å². The zero-order valence-corrected chi connectivity index (χ0v) is 10.5. The number of hydrogen-bond acceptors (Lipinski definition) is 4. The second-order valence-corrected chi connectivity index (χ2v) is 4.72. The average molecular weight is 262 g/mol. The normalized spacial score (nSPS) is 20.8. The smallest absolute Gasteiger partial charge is 0.251 e. The summed E-state index contributed by atoms with van der Waals surface area (Å²) in [6.45, 7) is 0.734. The van der Waals surface area contributed by atoms with E-state index in [4.69, 9.17) is 9.47 Å². The van der Waals surface area contributed by atoms with Gasteiger partial charge in [-0.05, 0) is 18.2 Å². The van der Waals surface area contributed by atoms with E-state index < -0.39 is 0 Å². The standard InChI is InChI=1S/C13H14N2O4/c1-15-6-9(5-12(15)16)14-13(17)8-2-3-10-11(4-8)19-7-18-10/h2-4,9H,5-7H2,1H3,(H,14,17). The van der Waals surface area contributed by atoms with Crippen LogP contribution >= 0.6 is 0 Å². The van der Waals surface area contributed by atoms with Crippen LogP contribution in [0, 0.1) is 0 Å². The van der Waals surface area contributed by atoms with Gasteiger partial charge in [-0.2, -0.15) is 0 Å². The van der Waals surface area contributed by atoms with Crippen LogP contribution in [-0.2, 0) is 4.79 Å². The molecule has 6 nitrogen and oxygen atoms in total. The summed E-state index contributed by atoms with van der Waals surface area (Å²) in [5.41, 5.74) is 0.506. The molecule has 2 aliphatic rings. The highest BCUT2D eigenvalue weighted by Crippen LogP contribution is 2.32. The van der Waals surface area contributed by atoms with Gasteiger partial charge in [-0.1, -0.05) is 0 Å². The van der Waals surface area contributed by atoms with E-state index in [-0.39, 0.29) is 24.6 Å². The second kappa shape index (κ2) is 4.46. The number of fused-ring (bicyclic) bond motifs is 1. The third-order valence-electron chi connectivity index (χ3n) is 3.31. The van der Waals surface area contributed by atoms with Gasteiger partial charge in [0.05, 0.1) is 6.04 Å². The number of carbonyl (C=O) groups excluding carboxylic acids is 2. The third-order valence-corrected chi connectivity index (χ3v) is 3.31. The first-order valence-corrected chi connectivity index (χ1v) is 6.08. The predicted molar refractivity (Wildman–Crippen MR) is 66.1 cm³/mol. The lowest BCUT2D eigenvalue weighted by molar-refractivity contribution is -0.126. The van der Waals surface area contributed by atoms with Gasteiger partial charge in [0.2, 0.25) is 12.7 Å². The molecule has 1 aromatic carbocycles. The first-order chi connectivity index (χ1) is 9.13. The first kappa shape index (κ1) is 11.8. The summed E-state index contributed by atoms with van der Waals surface area (Å²) in [5.74, 6) is 1.07. The molecular weight excluding hydrogens is 248 g/mol. The molecule has 2 amide bonds. The highest BCUT2D eigenvalue weighted by atomic mass is 16.7. The third kappa shape index (κ3) is 2.21. The lowest BCUT2D eigenvalue weighted by Gasteiger charge is -2.12. The maximum atomic E-state index is 12.1. The van der Waals surface area contributed by atoms with E-state index in [1.807, 2.05) is 0 Å². The van der Waals surface area contributed by atoms with E-state index >= 15 is 0 Å². The van der Waals surface area contributed by atoms with Gasteiger partial charge in [0.1, 0.15) is 0 Å². The lowest BCUT2D eigenvalue weighted by Crippen LogP contribution is -2.36. The molecule has 2 heterocycles. The van der Waals surface area contributed by atoms with Crippen LogP contribution < -0.4 is 14.8 Å². The number of likely N-dealkylation sites (N-methyl/N-ethyl adjacent to an activating group) is 1. The van der Waals surface area contributed by atoms with Crippen molar-refractivity contribution >= 4 is 11.8 Å². The van der Waals surface area contributed by atoms with E-state index in [9.17, 15) is 9.59 Å². The zero-order chi connectivity index (χ0) is 13.4. The van der Waals surface area contributed by atoms with Gasteiger partial charge in [0.25, 0.3) is 5.91 Å². The van der Waals surface area contributed by atoms with E-state index in [0.29, 0.717) is 30.0 Å². The summed E-state index contributed by atoms with van der Waals surface area (Å²) >= 11 is 0. The van der Waals surface area contributed by atoms with E-state index in [2.05, 4.69) is 5.32 Å². The van der Waals surface area contributed by atoms with Gasteiger partial charge in [0.15, 0.2) is 11.5 Å². The number of nitrogens with zero attached hydrogens (tertiary/aromatic N) is 1. The Morgan fingerprint density at radius 1 is 1.37 bits per heavy atom. The molecule has 6 heteroatoms. The van der Waals surface area contributed by atoms with Crippen LogP contribution in [-0.4, -0.2) is 43.1 Å². The molecule has 0 saturated carbocycles. The SMILES string of the molecule is CN1CC(NC(=O)c2ccc3c(c2)OCO3)CC1=O. The number of nitrogens with one attached hydrogen (secondary N) is 1. The van der Waals surface area contributed by atoms with Crippen LogP contribution in [0.2, 0.25) is 0 Å². The maximum absolute atomic E-state index is 12.1. The van der Waals surface area contributed by atoms with Crippen molar-refractivity contribution in [3.05, 3.63) is 23.8 Å². The molecule has 1 atom stereocenters. The molecule has 2 aliphatic heterocycles. The second-order valence-electron chi connectivity index (χ2n) is 4.72. The molecule has 1 unspecified atom stereocenters. The number of hydrogen-bond donors (Lipinski definition) is 1. The fourth-order valence-electron chi connectivity index (χ4n) is 2.27. The molecule has 1 fully saturated rings. The molecule has 19 heavy (non-hydrogen) atoms. The van der Waals surface area contributed by atoms with Crippen molar-refractivity contribution < 1.29 is 19.1 Å². The van der Waals surface area contributed by atoms with Crippen LogP contribution in [0.3, 0.4) is 0 Å². The zero-order valence-electron chi connectivity index (χ0n) is 10.5. The number of ether oxygens (including phenoxy) is 2. The summed E-state index contributed by atoms with van der Waals surface area (Å²) < 4.78 is 10.4. The van der Waals surface area contributed by atoms with E-state index in [1.54, 1.807) is 30.1 Å². The minimum Gasteiger partial charge on any atom is -0.454 e. The highest BCUT2D eigenvalue weighted by Gasteiger charge is 2.28. The van der Waals surface area contributed by atoms with Crippen molar-refractivity contribution in [2.45, 2.75) is 12.5 Å². The van der Waals surface area contributed by atoms with Crippen molar-refractivity contribution in [2.24, 2.45) is 0 Å². The molecule has 0 spiro atoms. The van der Waals surface area contributed by atoms with Crippen molar-refractivity contribution in [1.82, 2.24) is 10.2 Å². The Balaban J connectivity index is 1.69. The minimum absolute atomic E-state index is 0.0518. The average Bonchev–Trinajstić information content (AvgIpc) is 2.96. The molecule has 0 aliphatic carbocycles. The van der Waals surface area contributed by atoms with Crippen LogP contribution in [0.4, 0.5) is 0 Å². The Kier molecular flexibility index (Phi) is 2.77. The Morgan fingerprint density at radius 2 is 2.16 bits per heavy atom. The predicted octanol–water partition coefficient (Wildman–Crippen LogP) is 0.376. The summed E-state index contributed by atoms with van der Waals surface area (Å²) in [5, 5.41) is 2.85. The topological polar surface area (TPSA) is 67.9 Å². The Bertz CT molecular complexity index is 543. The number of amides is 2. The summed E-state index contributed by atoms with van der Waals surface area (Å²) in [6.07, 6.45) is 0.354. The molecule has 100 valence electrons. The van der Waals surface area contributed by atoms with Gasteiger partial charge in [0, 0.05) is 25.6 Å². The van der Waals surface area contributed by atoms with Crippen molar-refractivity contribution in [3.8, 4) is 11.5 Å². The number of rotatable bonds is 2. The van der Waals surface area contributed by atoms with Gasteiger partial charge in [-0.3, -0.25) is 9.59 Å². The van der Waals surface area contributed by atoms with Crippen molar-refractivity contribution in [1.29, 1.82) is 0 Å². The largest absolute Gasteiger partial charge is 0.454 e. The fourth-order valence-corrected chi connectivity index (χ4v) is 2.27. The summed E-state index contributed by atoms with van der Waals surface area (Å²) in [4.78, 5) is 25.1. The highest BCUT2D eigenvalue weighted by molar-refractivity contribution is 5.95. The molecule has 0 bridgehead atoms. The Labute approximate surface area is 110 Å². The van der Waals surface area contributed by atoms with Gasteiger partial charge < -0.3 is 19.7 Å². The summed E-state index contributed by atoms with van der Waals surface area (Å²) in [7, 11) is 1.73. The van der Waals surface area contributed by atoms with Crippen LogP contribution in [0.15, 0.2) is 18.2 Å². The van der Waals surface area contributed by atoms with Crippen molar-refractivity contribution in [3.63, 3.8) is 0 Å². The molecule has 1 saturated heterocycles. The molecule has 3 rings (SSSR count). The first-order valence-electron chi connectivity index (χ1n) is 6.08. The van der Waals surface area contributed by atoms with Crippen molar-refractivity contribution in [2.75, 3.05) is 20.4 Å². The number of carbonyl (C=O) groups is 2. The quantitative estimate of drug-likeness (QED) is 0.836. The molecule has 0 aromatic heterocycles. The Morgan fingerprint density at radius 3 is 2.89 bits per heavy atom. The maximum Gasteiger partial charge on any atom is 0.251 e. The Hall–Kier alpha value is -2.24. The monoisotopic (exact) mass is 262 g/mol. The number of likely N-dealkylation sites (tertiary alicyclic amines) is 1. The number of benzene rings is 1. The molecule has 1 N–H and O–H groups in total. The van der Waals surface area contributed by atoms with Crippen LogP contribution in [0.1, 0.15) is 16.8 Å². The summed E-state index contributed by atoms with van der Waals surface area (Å²) in [6, 6.07) is 4.92. The molecule has 1 aromatic rings. The van der Waals surface area contributed by atoms with Gasteiger partial charge >= 0.3 is 0 Å². The molecule has 0 radical (unpaired) electrons. The van der Waals surface area contributed by atoms with E-state index in [0.717, 1.165) is 0 Å². The minimum atomic E-state index is -0.202. The van der Waals surface area contributed by atoms with E-state index in [1.165, 1.54) is 0 Å². The van der Waals surface area contributed by atoms with Crippen LogP contribution in [0.25, 0.3) is 0 Å². The molecular formula is C13H14N2O4. The lowest BCUT2D eigenvalue weighted by atomic mass is 10.1. The fraction of sp³-hybridized carbons (Fsp3) is 0.385. The van der Waals surface area contributed by atoms with Crippen LogP contribution in [0.5, 0.6) is 11.5 Å².